The third kappa shape index (κ3) is 2.91. The van der Waals surface area contributed by atoms with E-state index < -0.39 is 11.5 Å². The average molecular weight is 254 g/mol. The number of rotatable bonds is 5. The summed E-state index contributed by atoms with van der Waals surface area (Å²) in [5, 5.41) is 30.3. The second-order valence-electron chi connectivity index (χ2n) is 4.56. The van der Waals surface area contributed by atoms with Crippen LogP contribution in [0.2, 0.25) is 0 Å². The largest absolute Gasteiger partial charge is 0.478 e. The third-order valence-electron chi connectivity index (χ3n) is 2.76. The first-order chi connectivity index (χ1) is 8.33. The summed E-state index contributed by atoms with van der Waals surface area (Å²) in [6.07, 6.45) is 0. The molecule has 100 valence electrons. The molecule has 0 aliphatic rings. The fourth-order valence-electron chi connectivity index (χ4n) is 1.52. The highest BCUT2D eigenvalue weighted by molar-refractivity contribution is 5.95. The predicted molar refractivity (Wildman–Crippen MR) is 68.8 cm³/mol. The zero-order valence-electron chi connectivity index (χ0n) is 10.4. The molecular weight excluding hydrogens is 236 g/mol. The van der Waals surface area contributed by atoms with Crippen molar-refractivity contribution in [1.82, 2.24) is 0 Å². The van der Waals surface area contributed by atoms with Gasteiger partial charge in [0.15, 0.2) is 0 Å². The molecule has 1 aromatic carbocycles. The number of nitrogens with one attached hydrogen (secondary N) is 1. The molecule has 0 fully saturated rings. The van der Waals surface area contributed by atoms with Gasteiger partial charge in [-0.2, -0.15) is 0 Å². The monoisotopic (exact) mass is 254 g/mol. The van der Waals surface area contributed by atoms with Crippen LogP contribution in [0.4, 0.5) is 11.4 Å². The summed E-state index contributed by atoms with van der Waals surface area (Å²) in [4.78, 5) is 11.0. The Bertz CT molecular complexity index is 456. The maximum atomic E-state index is 11.0. The van der Waals surface area contributed by atoms with E-state index in [1.807, 2.05) is 0 Å². The smallest absolute Gasteiger partial charge is 0.337 e. The van der Waals surface area contributed by atoms with Crippen molar-refractivity contribution in [2.75, 3.05) is 24.3 Å². The standard InChI is InChI=1S/C12H18N2O4/c1-7-3-8(14-12(2,5-15)6-16)4-9(10(7)13)11(17)18/h3-4,14-16H,5-6,13H2,1-2H3,(H,17,18). The topological polar surface area (TPSA) is 116 Å². The Hall–Kier alpha value is -1.79. The summed E-state index contributed by atoms with van der Waals surface area (Å²) in [5.74, 6) is -1.12. The number of hydrogen-bond donors (Lipinski definition) is 5. The molecule has 6 nitrogen and oxygen atoms in total. The normalized spacial score (nSPS) is 11.3. The van der Waals surface area contributed by atoms with Crippen LogP contribution in [-0.4, -0.2) is 40.0 Å². The van der Waals surface area contributed by atoms with E-state index in [1.54, 1.807) is 19.9 Å². The quantitative estimate of drug-likeness (QED) is 0.487. The summed E-state index contributed by atoms with van der Waals surface area (Å²) >= 11 is 0. The van der Waals surface area contributed by atoms with Gasteiger partial charge < -0.3 is 26.4 Å². The van der Waals surface area contributed by atoms with Gasteiger partial charge >= 0.3 is 5.97 Å². The van der Waals surface area contributed by atoms with E-state index in [9.17, 15) is 15.0 Å². The van der Waals surface area contributed by atoms with Gasteiger partial charge in [0.2, 0.25) is 0 Å². The predicted octanol–water partition coefficient (Wildman–Crippen LogP) is 0.431. The fourth-order valence-corrected chi connectivity index (χ4v) is 1.52. The lowest BCUT2D eigenvalue weighted by Crippen LogP contribution is -2.42. The summed E-state index contributed by atoms with van der Waals surface area (Å²) in [6, 6.07) is 3.06. The van der Waals surface area contributed by atoms with Crippen molar-refractivity contribution >= 4 is 17.3 Å². The lowest BCUT2D eigenvalue weighted by Gasteiger charge is -2.28. The molecule has 0 saturated carbocycles. The Labute approximate surface area is 105 Å². The molecule has 0 aliphatic heterocycles. The van der Waals surface area contributed by atoms with Gasteiger partial charge in [0.05, 0.1) is 24.3 Å². The van der Waals surface area contributed by atoms with E-state index in [0.717, 1.165) is 0 Å². The van der Waals surface area contributed by atoms with Crippen molar-refractivity contribution in [3.63, 3.8) is 0 Å². The molecule has 18 heavy (non-hydrogen) atoms. The number of anilines is 2. The number of carboxylic acids is 1. The van der Waals surface area contributed by atoms with Gasteiger partial charge in [-0.05, 0) is 31.5 Å². The molecule has 0 aromatic heterocycles. The van der Waals surface area contributed by atoms with Gasteiger partial charge in [-0.25, -0.2) is 4.79 Å². The van der Waals surface area contributed by atoms with Gasteiger partial charge in [0.1, 0.15) is 0 Å². The van der Waals surface area contributed by atoms with Crippen molar-refractivity contribution in [2.24, 2.45) is 0 Å². The number of nitrogens with two attached hydrogens (primary N) is 1. The first kappa shape index (κ1) is 14.3. The minimum absolute atomic E-state index is 0.00395. The van der Waals surface area contributed by atoms with Crippen LogP contribution < -0.4 is 11.1 Å². The molecule has 0 bridgehead atoms. The lowest BCUT2D eigenvalue weighted by atomic mass is 10.0. The Morgan fingerprint density at radius 1 is 1.39 bits per heavy atom. The van der Waals surface area contributed by atoms with E-state index in [2.05, 4.69) is 5.32 Å². The van der Waals surface area contributed by atoms with E-state index in [0.29, 0.717) is 11.3 Å². The molecule has 1 rings (SSSR count). The number of carbonyl (C=O) groups is 1. The molecule has 0 aliphatic carbocycles. The first-order valence-electron chi connectivity index (χ1n) is 5.46. The van der Waals surface area contributed by atoms with Gasteiger partial charge in [0.25, 0.3) is 0 Å². The Morgan fingerprint density at radius 2 is 1.94 bits per heavy atom. The van der Waals surface area contributed by atoms with Gasteiger partial charge in [0, 0.05) is 11.4 Å². The highest BCUT2D eigenvalue weighted by Gasteiger charge is 2.23. The minimum atomic E-state index is -1.12. The highest BCUT2D eigenvalue weighted by Crippen LogP contribution is 2.25. The van der Waals surface area contributed by atoms with Crippen LogP contribution in [0.3, 0.4) is 0 Å². The highest BCUT2D eigenvalue weighted by atomic mass is 16.4. The molecule has 0 unspecified atom stereocenters. The van der Waals surface area contributed by atoms with Crippen molar-refractivity contribution in [1.29, 1.82) is 0 Å². The third-order valence-corrected chi connectivity index (χ3v) is 2.76. The number of hydrogen-bond acceptors (Lipinski definition) is 5. The van der Waals surface area contributed by atoms with Gasteiger partial charge in [-0.15, -0.1) is 0 Å². The second-order valence-corrected chi connectivity index (χ2v) is 4.56. The van der Waals surface area contributed by atoms with E-state index in [1.165, 1.54) is 6.07 Å². The molecule has 0 heterocycles. The van der Waals surface area contributed by atoms with Crippen molar-refractivity contribution in [2.45, 2.75) is 19.4 Å². The summed E-state index contributed by atoms with van der Waals surface area (Å²) in [5.41, 5.74) is 6.07. The van der Waals surface area contributed by atoms with Gasteiger partial charge in [-0.1, -0.05) is 0 Å². The second kappa shape index (κ2) is 5.24. The molecule has 1 aromatic rings. The lowest BCUT2D eigenvalue weighted by molar-refractivity contribution is 0.0698. The van der Waals surface area contributed by atoms with Crippen molar-refractivity contribution in [3.8, 4) is 0 Å². The van der Waals surface area contributed by atoms with E-state index >= 15 is 0 Å². The van der Waals surface area contributed by atoms with Crippen LogP contribution in [0.5, 0.6) is 0 Å². The van der Waals surface area contributed by atoms with E-state index in [-0.39, 0.29) is 24.5 Å². The molecular formula is C12H18N2O4. The molecule has 0 atom stereocenters. The number of aryl methyl sites for hydroxylation is 1. The summed E-state index contributed by atoms with van der Waals surface area (Å²) in [7, 11) is 0. The zero-order valence-corrected chi connectivity index (χ0v) is 10.4. The Balaban J connectivity index is 3.16. The summed E-state index contributed by atoms with van der Waals surface area (Å²) in [6.45, 7) is 2.76. The fraction of sp³-hybridized carbons (Fsp3) is 0.417. The maximum absolute atomic E-state index is 11.0. The van der Waals surface area contributed by atoms with Gasteiger partial charge in [-0.3, -0.25) is 0 Å². The van der Waals surface area contributed by atoms with Crippen molar-refractivity contribution < 1.29 is 20.1 Å². The van der Waals surface area contributed by atoms with Crippen molar-refractivity contribution in [3.05, 3.63) is 23.3 Å². The van der Waals surface area contributed by atoms with Crippen LogP contribution in [0, 0.1) is 6.92 Å². The van der Waals surface area contributed by atoms with Crippen LogP contribution in [0.25, 0.3) is 0 Å². The van der Waals surface area contributed by atoms with Crippen LogP contribution in [-0.2, 0) is 0 Å². The number of nitrogen functional groups attached to an aromatic ring is 1. The number of aliphatic hydroxyl groups excluding tert-OH is 2. The summed E-state index contributed by atoms with van der Waals surface area (Å²) < 4.78 is 0. The molecule has 0 spiro atoms. The Kier molecular flexibility index (Phi) is 4.15. The van der Waals surface area contributed by atoms with Crippen LogP contribution >= 0.6 is 0 Å². The molecule has 0 radical (unpaired) electrons. The SMILES string of the molecule is Cc1cc(NC(C)(CO)CO)cc(C(=O)O)c1N. The Morgan fingerprint density at radius 3 is 2.39 bits per heavy atom. The van der Waals surface area contributed by atoms with Crippen LogP contribution in [0.1, 0.15) is 22.8 Å². The number of aromatic carboxylic acids is 1. The zero-order chi connectivity index (χ0) is 13.9. The number of carboxylic acid groups (broad SMARTS) is 1. The molecule has 6 heteroatoms. The first-order valence-corrected chi connectivity index (χ1v) is 5.46. The van der Waals surface area contributed by atoms with E-state index in [4.69, 9.17) is 10.8 Å². The molecule has 0 amide bonds. The minimum Gasteiger partial charge on any atom is -0.478 e. The molecule has 0 saturated heterocycles. The maximum Gasteiger partial charge on any atom is 0.337 e. The average Bonchev–Trinajstić information content (AvgIpc) is 2.33. The number of aliphatic hydroxyl groups is 2. The number of benzene rings is 1. The molecule has 6 N–H and O–H groups in total. The van der Waals surface area contributed by atoms with Crippen LogP contribution in [0.15, 0.2) is 12.1 Å².